The van der Waals surface area contributed by atoms with Crippen LogP contribution in [0.25, 0.3) is 0 Å². The number of hydrogen-bond donors (Lipinski definition) is 2. The first kappa shape index (κ1) is 13.8. The molecule has 1 heterocycles. The average molecular weight is 266 g/mol. The number of nitrogens with two attached hydrogens (primary N) is 1. The minimum atomic E-state index is 0.253. The third-order valence-corrected chi connectivity index (χ3v) is 5.90. The minimum Gasteiger partial charge on any atom is -0.375 e. The monoisotopic (exact) mass is 266 g/mol. The van der Waals surface area contributed by atoms with Crippen molar-refractivity contribution in [1.82, 2.24) is 5.43 Å². The van der Waals surface area contributed by atoms with Crippen LogP contribution in [0.1, 0.15) is 70.6 Å². The summed E-state index contributed by atoms with van der Waals surface area (Å²) in [5.41, 5.74) is 3.45. The molecule has 0 aromatic heterocycles. The highest BCUT2D eigenvalue weighted by molar-refractivity contribution is 4.97. The van der Waals surface area contributed by atoms with Crippen LogP contribution in [-0.2, 0) is 4.74 Å². The van der Waals surface area contributed by atoms with Crippen LogP contribution in [0.15, 0.2) is 0 Å². The summed E-state index contributed by atoms with van der Waals surface area (Å²) in [6.07, 6.45) is 14.8. The lowest BCUT2D eigenvalue weighted by Gasteiger charge is -2.49. The van der Waals surface area contributed by atoms with Crippen LogP contribution in [0.2, 0.25) is 0 Å². The molecule has 3 aliphatic rings. The zero-order valence-corrected chi connectivity index (χ0v) is 12.2. The Morgan fingerprint density at radius 2 is 1.68 bits per heavy atom. The van der Waals surface area contributed by atoms with Gasteiger partial charge in [0.15, 0.2) is 0 Å². The van der Waals surface area contributed by atoms with Gasteiger partial charge < -0.3 is 4.74 Å². The van der Waals surface area contributed by atoms with Gasteiger partial charge in [-0.15, -0.1) is 0 Å². The molecule has 0 amide bonds. The van der Waals surface area contributed by atoms with Gasteiger partial charge in [0.05, 0.1) is 5.60 Å². The first-order valence-corrected chi connectivity index (χ1v) is 8.43. The van der Waals surface area contributed by atoms with Crippen molar-refractivity contribution in [1.29, 1.82) is 0 Å². The lowest BCUT2D eigenvalue weighted by molar-refractivity contribution is -0.149. The van der Waals surface area contributed by atoms with E-state index in [4.69, 9.17) is 10.6 Å². The predicted molar refractivity (Wildman–Crippen MR) is 77.6 cm³/mol. The molecule has 2 atom stereocenters. The predicted octanol–water partition coefficient (Wildman–Crippen LogP) is 3.14. The molecule has 1 saturated heterocycles. The molecule has 0 radical (unpaired) electrons. The summed E-state index contributed by atoms with van der Waals surface area (Å²) < 4.78 is 6.07. The van der Waals surface area contributed by atoms with Crippen LogP contribution in [-0.4, -0.2) is 18.2 Å². The van der Waals surface area contributed by atoms with Crippen LogP contribution in [0, 0.1) is 11.8 Å². The zero-order chi connectivity index (χ0) is 13.1. The van der Waals surface area contributed by atoms with E-state index in [1.807, 2.05) is 0 Å². The van der Waals surface area contributed by atoms with Gasteiger partial charge in [0.25, 0.3) is 0 Å². The molecule has 0 bridgehead atoms. The molecule has 3 nitrogen and oxygen atoms in total. The van der Waals surface area contributed by atoms with Gasteiger partial charge in [-0.25, -0.2) is 0 Å². The Kier molecular flexibility index (Phi) is 4.45. The molecule has 1 aliphatic heterocycles. The van der Waals surface area contributed by atoms with Crippen molar-refractivity contribution in [3.05, 3.63) is 0 Å². The van der Waals surface area contributed by atoms with Gasteiger partial charge in [0.1, 0.15) is 0 Å². The maximum Gasteiger partial charge on any atom is 0.0685 e. The normalized spacial score (nSPS) is 33.6. The average Bonchev–Trinajstić information content (AvgIpc) is 2.67. The van der Waals surface area contributed by atoms with Crippen LogP contribution in [0.3, 0.4) is 0 Å². The van der Waals surface area contributed by atoms with E-state index in [9.17, 15) is 0 Å². The minimum absolute atomic E-state index is 0.253. The number of rotatable bonds is 3. The molecule has 2 unspecified atom stereocenters. The van der Waals surface area contributed by atoms with Crippen LogP contribution < -0.4 is 11.3 Å². The fraction of sp³-hybridized carbons (Fsp3) is 1.00. The van der Waals surface area contributed by atoms with E-state index in [0.29, 0.717) is 6.04 Å². The number of hydrazine groups is 1. The summed E-state index contributed by atoms with van der Waals surface area (Å²) >= 11 is 0. The Morgan fingerprint density at radius 1 is 0.947 bits per heavy atom. The maximum absolute atomic E-state index is 6.07. The molecule has 0 aromatic carbocycles. The van der Waals surface area contributed by atoms with Crippen molar-refractivity contribution in [2.24, 2.45) is 17.7 Å². The fourth-order valence-electron chi connectivity index (χ4n) is 4.62. The van der Waals surface area contributed by atoms with Crippen molar-refractivity contribution in [2.75, 3.05) is 6.61 Å². The maximum atomic E-state index is 6.07. The Labute approximate surface area is 117 Å². The molecule has 0 aromatic rings. The number of hydrogen-bond acceptors (Lipinski definition) is 3. The lowest BCUT2D eigenvalue weighted by atomic mass is 9.68. The van der Waals surface area contributed by atoms with Gasteiger partial charge in [-0.1, -0.05) is 25.7 Å². The first-order chi connectivity index (χ1) is 9.33. The lowest BCUT2D eigenvalue weighted by Crippen LogP contribution is -2.53. The van der Waals surface area contributed by atoms with Crippen LogP contribution in [0.4, 0.5) is 0 Å². The topological polar surface area (TPSA) is 47.3 Å². The summed E-state index contributed by atoms with van der Waals surface area (Å²) in [7, 11) is 0. The van der Waals surface area contributed by atoms with Crippen molar-refractivity contribution < 1.29 is 4.74 Å². The Hall–Kier alpha value is -0.120. The molecular weight excluding hydrogens is 236 g/mol. The van der Waals surface area contributed by atoms with Crippen LogP contribution in [0.5, 0.6) is 0 Å². The van der Waals surface area contributed by atoms with Gasteiger partial charge in [-0.2, -0.15) is 0 Å². The molecule has 3 heteroatoms. The Morgan fingerprint density at radius 3 is 2.26 bits per heavy atom. The van der Waals surface area contributed by atoms with Gasteiger partial charge in [-0.3, -0.25) is 11.3 Å². The molecule has 2 saturated carbocycles. The fourth-order valence-corrected chi connectivity index (χ4v) is 4.62. The standard InChI is InChI=1S/C16H30N2O/c17-18-15(13-6-3-1-2-4-7-13)14-8-11-19-16(12-14)9-5-10-16/h13-15,18H,1-12,17H2. The first-order valence-electron chi connectivity index (χ1n) is 8.43. The molecular formula is C16H30N2O. The quantitative estimate of drug-likeness (QED) is 0.469. The molecule has 3 fully saturated rings. The summed E-state index contributed by atoms with van der Waals surface area (Å²) in [5, 5.41) is 0. The SMILES string of the molecule is NNC(C1CCCCCC1)C1CCOC2(CCC2)C1. The van der Waals surface area contributed by atoms with Crippen LogP contribution >= 0.6 is 0 Å². The van der Waals surface area contributed by atoms with Gasteiger partial charge in [-0.05, 0) is 56.8 Å². The van der Waals surface area contributed by atoms with E-state index < -0.39 is 0 Å². The molecule has 2 aliphatic carbocycles. The number of ether oxygens (including phenoxy) is 1. The van der Waals surface area contributed by atoms with Gasteiger partial charge >= 0.3 is 0 Å². The van der Waals surface area contributed by atoms with Gasteiger partial charge in [0, 0.05) is 12.6 Å². The van der Waals surface area contributed by atoms with Crippen molar-refractivity contribution in [3.8, 4) is 0 Å². The smallest absolute Gasteiger partial charge is 0.0685 e. The summed E-state index contributed by atoms with van der Waals surface area (Å²) in [6.45, 7) is 0.954. The second kappa shape index (κ2) is 6.11. The van der Waals surface area contributed by atoms with Crippen molar-refractivity contribution >= 4 is 0 Å². The third-order valence-electron chi connectivity index (χ3n) is 5.90. The molecule has 19 heavy (non-hydrogen) atoms. The second-order valence-corrected chi connectivity index (χ2v) is 7.08. The van der Waals surface area contributed by atoms with E-state index >= 15 is 0 Å². The Bertz CT molecular complexity index is 282. The second-order valence-electron chi connectivity index (χ2n) is 7.08. The van der Waals surface area contributed by atoms with Crippen molar-refractivity contribution in [3.63, 3.8) is 0 Å². The highest BCUT2D eigenvalue weighted by Gasteiger charge is 2.45. The van der Waals surface area contributed by atoms with E-state index in [-0.39, 0.29) is 5.60 Å². The van der Waals surface area contributed by atoms with Crippen molar-refractivity contribution in [2.45, 2.75) is 82.3 Å². The summed E-state index contributed by atoms with van der Waals surface area (Å²) in [6, 6.07) is 0.527. The zero-order valence-electron chi connectivity index (χ0n) is 12.2. The highest BCUT2D eigenvalue weighted by Crippen LogP contribution is 2.46. The third kappa shape index (κ3) is 2.98. The molecule has 3 rings (SSSR count). The Balaban J connectivity index is 1.63. The number of nitrogens with one attached hydrogen (secondary N) is 1. The molecule has 3 N–H and O–H groups in total. The van der Waals surface area contributed by atoms with E-state index in [1.165, 1.54) is 70.6 Å². The highest BCUT2D eigenvalue weighted by atomic mass is 16.5. The van der Waals surface area contributed by atoms with Gasteiger partial charge in [0.2, 0.25) is 0 Å². The largest absolute Gasteiger partial charge is 0.375 e. The molecule has 110 valence electrons. The van der Waals surface area contributed by atoms with E-state index in [0.717, 1.165) is 18.4 Å². The summed E-state index contributed by atoms with van der Waals surface area (Å²) in [5.74, 6) is 7.48. The summed E-state index contributed by atoms with van der Waals surface area (Å²) in [4.78, 5) is 0. The molecule has 1 spiro atoms. The van der Waals surface area contributed by atoms with E-state index in [2.05, 4.69) is 5.43 Å². The van der Waals surface area contributed by atoms with E-state index in [1.54, 1.807) is 0 Å².